The van der Waals surface area contributed by atoms with Crippen molar-refractivity contribution in [2.75, 3.05) is 19.7 Å². The molecule has 2 heterocycles. The topological polar surface area (TPSA) is 47.4 Å². The molecule has 0 bridgehead atoms. The van der Waals surface area contributed by atoms with E-state index in [1.54, 1.807) is 6.20 Å². The molecule has 1 aromatic heterocycles. The molecule has 0 unspecified atom stereocenters. The summed E-state index contributed by atoms with van der Waals surface area (Å²) in [4.78, 5) is 15.0. The molecule has 1 aliphatic carbocycles. The van der Waals surface area contributed by atoms with E-state index < -0.39 is 0 Å². The maximum atomic E-state index is 13.1. The van der Waals surface area contributed by atoms with Crippen LogP contribution in [-0.2, 0) is 11.3 Å². The number of ether oxygens (including phenoxy) is 1. The Hall–Kier alpha value is -2.14. The van der Waals surface area contributed by atoms with Crippen molar-refractivity contribution in [2.24, 2.45) is 0 Å². The minimum Gasteiger partial charge on any atom is -0.375 e. The number of carbonyl (C=O) groups is 1. The molecule has 2 aromatic rings. The molecule has 1 saturated heterocycles. The van der Waals surface area contributed by atoms with Gasteiger partial charge in [0.05, 0.1) is 36.7 Å². The lowest BCUT2D eigenvalue weighted by Gasteiger charge is -2.32. The van der Waals surface area contributed by atoms with Gasteiger partial charge in [-0.3, -0.25) is 9.48 Å². The molecule has 0 spiro atoms. The second kappa shape index (κ2) is 7.00. The maximum Gasteiger partial charge on any atom is 0.257 e. The van der Waals surface area contributed by atoms with E-state index in [0.717, 1.165) is 37.1 Å². The molecule has 0 radical (unpaired) electrons. The van der Waals surface area contributed by atoms with E-state index in [1.165, 1.54) is 5.56 Å². The number of morpholine rings is 1. The Morgan fingerprint density at radius 2 is 2.08 bits per heavy atom. The lowest BCUT2D eigenvalue weighted by molar-refractivity contribution is -0.0226. The van der Waals surface area contributed by atoms with Crippen LogP contribution in [0.1, 0.15) is 53.7 Å². The van der Waals surface area contributed by atoms with Crippen LogP contribution in [0.15, 0.2) is 36.5 Å². The summed E-state index contributed by atoms with van der Waals surface area (Å²) in [5.41, 5.74) is 3.12. The normalized spacial score (nSPS) is 20.7. The Bertz CT molecular complexity index is 737. The first-order valence-electron chi connectivity index (χ1n) is 9.26. The van der Waals surface area contributed by atoms with Gasteiger partial charge in [-0.25, -0.2) is 0 Å². The number of benzene rings is 1. The Balaban J connectivity index is 1.58. The molecule has 0 N–H and O–H groups in total. The van der Waals surface area contributed by atoms with Gasteiger partial charge >= 0.3 is 0 Å². The molecular weight excluding hydrogens is 314 g/mol. The smallest absolute Gasteiger partial charge is 0.257 e. The lowest BCUT2D eigenvalue weighted by atomic mass is 10.1. The van der Waals surface area contributed by atoms with Gasteiger partial charge in [0, 0.05) is 19.0 Å². The quantitative estimate of drug-likeness (QED) is 0.841. The number of nitrogens with zero attached hydrogens (tertiary/aromatic N) is 3. The average molecular weight is 339 g/mol. The number of carbonyl (C=O) groups excluding carboxylic acids is 1. The number of rotatable bonds is 5. The van der Waals surface area contributed by atoms with E-state index in [2.05, 4.69) is 24.2 Å². The van der Waals surface area contributed by atoms with Gasteiger partial charge in [-0.15, -0.1) is 0 Å². The predicted molar refractivity (Wildman–Crippen MR) is 95.7 cm³/mol. The summed E-state index contributed by atoms with van der Waals surface area (Å²) in [6.45, 7) is 4.81. The van der Waals surface area contributed by atoms with Crippen molar-refractivity contribution in [1.82, 2.24) is 14.7 Å². The van der Waals surface area contributed by atoms with Gasteiger partial charge in [-0.1, -0.05) is 37.3 Å². The third kappa shape index (κ3) is 3.47. The first kappa shape index (κ1) is 16.3. The number of amides is 1. The molecule has 1 aliphatic heterocycles. The highest BCUT2D eigenvalue weighted by Gasteiger charge is 2.34. The van der Waals surface area contributed by atoms with Crippen LogP contribution in [-0.4, -0.2) is 46.4 Å². The highest BCUT2D eigenvalue weighted by Crippen LogP contribution is 2.42. The van der Waals surface area contributed by atoms with Crippen molar-refractivity contribution in [1.29, 1.82) is 0 Å². The molecule has 4 rings (SSSR count). The molecule has 25 heavy (non-hydrogen) atoms. The summed E-state index contributed by atoms with van der Waals surface area (Å²) in [6.07, 6.45) is 5.17. The van der Waals surface area contributed by atoms with Gasteiger partial charge < -0.3 is 9.64 Å². The molecule has 2 fully saturated rings. The minimum atomic E-state index is 0.114. The summed E-state index contributed by atoms with van der Waals surface area (Å²) < 4.78 is 7.73. The third-order valence-corrected chi connectivity index (χ3v) is 5.13. The van der Waals surface area contributed by atoms with Crippen molar-refractivity contribution >= 4 is 5.91 Å². The predicted octanol–water partition coefficient (Wildman–Crippen LogP) is 3.06. The van der Waals surface area contributed by atoms with Crippen LogP contribution in [0.4, 0.5) is 0 Å². The van der Waals surface area contributed by atoms with Crippen LogP contribution in [0.5, 0.6) is 0 Å². The van der Waals surface area contributed by atoms with Gasteiger partial charge in [-0.05, 0) is 24.8 Å². The Morgan fingerprint density at radius 1 is 1.28 bits per heavy atom. The Labute approximate surface area is 148 Å². The van der Waals surface area contributed by atoms with Crippen LogP contribution in [0.2, 0.25) is 0 Å². The third-order valence-electron chi connectivity index (χ3n) is 5.13. The van der Waals surface area contributed by atoms with Gasteiger partial charge in [0.2, 0.25) is 0 Å². The van der Waals surface area contributed by atoms with Gasteiger partial charge in [0.1, 0.15) is 0 Å². The molecule has 1 saturated carbocycles. The number of aromatic nitrogens is 2. The molecule has 1 aromatic carbocycles. The Morgan fingerprint density at radius 3 is 2.80 bits per heavy atom. The van der Waals surface area contributed by atoms with Crippen molar-refractivity contribution < 1.29 is 9.53 Å². The molecule has 5 nitrogen and oxygen atoms in total. The van der Waals surface area contributed by atoms with Crippen molar-refractivity contribution in [3.05, 3.63) is 53.3 Å². The van der Waals surface area contributed by atoms with E-state index in [4.69, 9.17) is 4.74 Å². The first-order valence-corrected chi connectivity index (χ1v) is 9.26. The fourth-order valence-electron chi connectivity index (χ4n) is 3.55. The molecule has 2 aliphatic rings. The standard InChI is InChI=1S/C20H25N3O2/c1-2-17-14-22(10-11-25-17)20(24)18-12-21-23(19(18)16-8-9-16)13-15-6-4-3-5-7-15/h3-7,12,16-17H,2,8-11,13-14H2,1H3/t17-/m1/s1. The molecule has 5 heteroatoms. The molecular formula is C20H25N3O2. The van der Waals surface area contributed by atoms with Crippen molar-refractivity contribution in [2.45, 2.75) is 44.8 Å². The zero-order chi connectivity index (χ0) is 17.2. The highest BCUT2D eigenvalue weighted by molar-refractivity contribution is 5.95. The molecule has 1 atom stereocenters. The zero-order valence-corrected chi connectivity index (χ0v) is 14.7. The second-order valence-corrected chi connectivity index (χ2v) is 7.01. The SMILES string of the molecule is CC[C@@H]1CN(C(=O)c2cnn(Cc3ccccc3)c2C2CC2)CCO1. The van der Waals surface area contributed by atoms with Gasteiger partial charge in [0.25, 0.3) is 5.91 Å². The number of hydrogen-bond acceptors (Lipinski definition) is 3. The highest BCUT2D eigenvalue weighted by atomic mass is 16.5. The molecule has 132 valence electrons. The number of hydrogen-bond donors (Lipinski definition) is 0. The largest absolute Gasteiger partial charge is 0.375 e. The minimum absolute atomic E-state index is 0.114. The summed E-state index contributed by atoms with van der Waals surface area (Å²) in [7, 11) is 0. The maximum absolute atomic E-state index is 13.1. The Kier molecular flexibility index (Phi) is 4.57. The lowest BCUT2D eigenvalue weighted by Crippen LogP contribution is -2.45. The average Bonchev–Trinajstić information content (AvgIpc) is 3.42. The second-order valence-electron chi connectivity index (χ2n) is 7.01. The first-order chi connectivity index (χ1) is 12.3. The fraction of sp³-hybridized carbons (Fsp3) is 0.500. The van der Waals surface area contributed by atoms with Gasteiger partial charge in [0.15, 0.2) is 0 Å². The van der Waals surface area contributed by atoms with Crippen molar-refractivity contribution in [3.63, 3.8) is 0 Å². The molecule has 1 amide bonds. The monoisotopic (exact) mass is 339 g/mol. The van der Waals surface area contributed by atoms with Crippen LogP contribution < -0.4 is 0 Å². The summed E-state index contributed by atoms with van der Waals surface area (Å²) >= 11 is 0. The van der Waals surface area contributed by atoms with E-state index in [9.17, 15) is 4.79 Å². The van der Waals surface area contributed by atoms with Gasteiger partial charge in [-0.2, -0.15) is 5.10 Å². The zero-order valence-electron chi connectivity index (χ0n) is 14.7. The summed E-state index contributed by atoms with van der Waals surface area (Å²) in [5.74, 6) is 0.594. The van der Waals surface area contributed by atoms with E-state index in [0.29, 0.717) is 25.6 Å². The summed E-state index contributed by atoms with van der Waals surface area (Å²) in [5, 5.41) is 4.57. The van der Waals surface area contributed by atoms with Crippen LogP contribution >= 0.6 is 0 Å². The van der Waals surface area contributed by atoms with Crippen LogP contribution in [0.3, 0.4) is 0 Å². The van der Waals surface area contributed by atoms with E-state index in [-0.39, 0.29) is 12.0 Å². The van der Waals surface area contributed by atoms with E-state index in [1.807, 2.05) is 27.8 Å². The van der Waals surface area contributed by atoms with Crippen LogP contribution in [0, 0.1) is 0 Å². The summed E-state index contributed by atoms with van der Waals surface area (Å²) in [6, 6.07) is 10.3. The van der Waals surface area contributed by atoms with Crippen LogP contribution in [0.25, 0.3) is 0 Å². The van der Waals surface area contributed by atoms with E-state index >= 15 is 0 Å². The van der Waals surface area contributed by atoms with Crippen molar-refractivity contribution in [3.8, 4) is 0 Å². The fourth-order valence-corrected chi connectivity index (χ4v) is 3.55.